The van der Waals surface area contributed by atoms with Crippen molar-refractivity contribution in [1.82, 2.24) is 5.32 Å². The Bertz CT molecular complexity index is 961. The molecule has 10 heteroatoms. The van der Waals surface area contributed by atoms with E-state index in [9.17, 15) is 19.7 Å². The number of carboxylic acids is 1. The average molecular weight is 406 g/mol. The van der Waals surface area contributed by atoms with E-state index in [0.29, 0.717) is 11.3 Å². The number of non-ortho nitro benzene ring substituents is 1. The van der Waals surface area contributed by atoms with Gasteiger partial charge in [0.15, 0.2) is 5.11 Å². The number of hydrogen-bond donors (Lipinski definition) is 3. The van der Waals surface area contributed by atoms with Crippen LogP contribution in [0.3, 0.4) is 0 Å². The van der Waals surface area contributed by atoms with Gasteiger partial charge in [-0.25, -0.2) is 4.79 Å². The van der Waals surface area contributed by atoms with Crippen LogP contribution < -0.4 is 10.6 Å². The number of nitrogens with zero attached hydrogens (tertiary/aromatic N) is 1. The van der Waals surface area contributed by atoms with E-state index in [2.05, 4.69) is 10.6 Å². The Morgan fingerprint density at radius 2 is 1.96 bits per heavy atom. The highest BCUT2D eigenvalue weighted by atomic mass is 35.5. The van der Waals surface area contributed by atoms with Crippen LogP contribution in [-0.2, 0) is 4.79 Å². The number of benzene rings is 2. The highest BCUT2D eigenvalue weighted by Crippen LogP contribution is 2.20. The summed E-state index contributed by atoms with van der Waals surface area (Å²) in [5.74, 6) is -1.76. The Hall–Kier alpha value is -3.30. The van der Waals surface area contributed by atoms with Crippen LogP contribution in [0, 0.1) is 10.1 Å². The van der Waals surface area contributed by atoms with E-state index in [4.69, 9.17) is 28.9 Å². The Labute approximate surface area is 163 Å². The second-order valence-corrected chi connectivity index (χ2v) is 5.94. The van der Waals surface area contributed by atoms with Crippen LogP contribution in [-0.4, -0.2) is 27.0 Å². The van der Waals surface area contributed by atoms with Crippen LogP contribution in [0.2, 0.25) is 5.02 Å². The van der Waals surface area contributed by atoms with Gasteiger partial charge in [-0.2, -0.15) is 0 Å². The van der Waals surface area contributed by atoms with Crippen molar-refractivity contribution < 1.29 is 19.6 Å². The van der Waals surface area contributed by atoms with Gasteiger partial charge in [0.05, 0.1) is 15.5 Å². The molecule has 0 aromatic heterocycles. The predicted octanol–water partition coefficient (Wildman–Crippen LogP) is 3.47. The van der Waals surface area contributed by atoms with Gasteiger partial charge in [0, 0.05) is 23.9 Å². The van der Waals surface area contributed by atoms with Crippen molar-refractivity contribution in [1.29, 1.82) is 0 Å². The third kappa shape index (κ3) is 5.87. The molecule has 1 amide bonds. The third-order valence-electron chi connectivity index (χ3n) is 3.20. The van der Waals surface area contributed by atoms with Crippen LogP contribution in [0.15, 0.2) is 48.5 Å². The maximum Gasteiger partial charge on any atom is 0.337 e. The van der Waals surface area contributed by atoms with E-state index < -0.39 is 16.8 Å². The monoisotopic (exact) mass is 405 g/mol. The fourth-order valence-corrected chi connectivity index (χ4v) is 2.41. The topological polar surface area (TPSA) is 122 Å². The fraction of sp³-hybridized carbons (Fsp3) is 0. The fourth-order valence-electron chi connectivity index (χ4n) is 2.00. The first-order valence-electron chi connectivity index (χ1n) is 7.33. The molecule has 0 saturated heterocycles. The molecule has 0 aliphatic rings. The molecular formula is C17H12ClN3O5S. The molecule has 138 valence electrons. The molecule has 0 aliphatic heterocycles. The van der Waals surface area contributed by atoms with Gasteiger partial charge in [-0.05, 0) is 42.1 Å². The summed E-state index contributed by atoms with van der Waals surface area (Å²) in [6.45, 7) is 0. The van der Waals surface area contributed by atoms with E-state index in [0.717, 1.165) is 6.08 Å². The number of nitro benzene ring substituents is 1. The number of nitrogens with one attached hydrogen (secondary N) is 2. The molecule has 2 aromatic carbocycles. The van der Waals surface area contributed by atoms with Crippen molar-refractivity contribution in [2.24, 2.45) is 0 Å². The minimum absolute atomic E-state index is 0.0534. The Kier molecular flexibility index (Phi) is 6.58. The predicted molar refractivity (Wildman–Crippen MR) is 105 cm³/mol. The van der Waals surface area contributed by atoms with E-state index in [1.165, 1.54) is 42.5 Å². The number of nitro groups is 1. The lowest BCUT2D eigenvalue weighted by atomic mass is 10.2. The summed E-state index contributed by atoms with van der Waals surface area (Å²) in [5.41, 5.74) is 0.611. The van der Waals surface area contributed by atoms with E-state index in [1.54, 1.807) is 6.07 Å². The Balaban J connectivity index is 1.99. The summed E-state index contributed by atoms with van der Waals surface area (Å²) in [6, 6.07) is 9.95. The zero-order valence-corrected chi connectivity index (χ0v) is 15.1. The summed E-state index contributed by atoms with van der Waals surface area (Å²) in [5, 5.41) is 24.8. The first-order valence-corrected chi connectivity index (χ1v) is 8.12. The standard InChI is InChI=1S/C17H12ClN3O5S/c18-14-6-5-11(9-13(14)16(23)24)19-17(27)20-15(22)7-4-10-2-1-3-12(8-10)21(25)26/h1-9H,(H,23,24)(H2,19,20,22,27). The van der Waals surface area contributed by atoms with Crippen molar-refractivity contribution in [3.05, 3.63) is 74.8 Å². The number of thiocarbonyl (C=S) groups is 1. The molecule has 0 fully saturated rings. The van der Waals surface area contributed by atoms with Gasteiger partial charge in [-0.3, -0.25) is 20.2 Å². The number of rotatable bonds is 5. The molecule has 3 N–H and O–H groups in total. The first-order chi connectivity index (χ1) is 12.8. The highest BCUT2D eigenvalue weighted by molar-refractivity contribution is 7.80. The molecule has 0 unspecified atom stereocenters. The highest BCUT2D eigenvalue weighted by Gasteiger charge is 2.10. The van der Waals surface area contributed by atoms with Crippen LogP contribution >= 0.6 is 23.8 Å². The second-order valence-electron chi connectivity index (χ2n) is 5.13. The summed E-state index contributed by atoms with van der Waals surface area (Å²) >= 11 is 10.8. The molecule has 2 aromatic rings. The molecule has 0 bridgehead atoms. The molecule has 0 radical (unpaired) electrons. The second kappa shape index (κ2) is 8.88. The molecule has 0 saturated carbocycles. The van der Waals surface area contributed by atoms with Gasteiger partial charge >= 0.3 is 5.97 Å². The van der Waals surface area contributed by atoms with Crippen molar-refractivity contribution in [3.8, 4) is 0 Å². The number of aromatic carboxylic acids is 1. The average Bonchev–Trinajstić information content (AvgIpc) is 2.61. The summed E-state index contributed by atoms with van der Waals surface area (Å²) in [6.07, 6.45) is 2.56. The van der Waals surface area contributed by atoms with Crippen LogP contribution in [0.1, 0.15) is 15.9 Å². The van der Waals surface area contributed by atoms with Gasteiger partial charge in [-0.15, -0.1) is 0 Å². The van der Waals surface area contributed by atoms with Gasteiger partial charge in [0.2, 0.25) is 5.91 Å². The number of anilines is 1. The molecule has 0 heterocycles. The van der Waals surface area contributed by atoms with Crippen LogP contribution in [0.4, 0.5) is 11.4 Å². The Morgan fingerprint density at radius 3 is 2.63 bits per heavy atom. The molecule has 2 rings (SSSR count). The van der Waals surface area contributed by atoms with Crippen molar-refractivity contribution in [2.45, 2.75) is 0 Å². The number of hydrogen-bond acceptors (Lipinski definition) is 5. The van der Waals surface area contributed by atoms with Crippen molar-refractivity contribution >= 4 is 58.3 Å². The largest absolute Gasteiger partial charge is 0.478 e. The number of carbonyl (C=O) groups is 2. The van der Waals surface area contributed by atoms with Gasteiger partial charge < -0.3 is 10.4 Å². The minimum Gasteiger partial charge on any atom is -0.478 e. The third-order valence-corrected chi connectivity index (χ3v) is 3.73. The van der Waals surface area contributed by atoms with Gasteiger partial charge in [-0.1, -0.05) is 23.7 Å². The molecule has 0 spiro atoms. The van der Waals surface area contributed by atoms with E-state index in [-0.39, 0.29) is 21.4 Å². The summed E-state index contributed by atoms with van der Waals surface area (Å²) < 4.78 is 0. The number of carbonyl (C=O) groups excluding carboxylic acids is 1. The SMILES string of the molecule is O=C(C=Cc1cccc([N+](=O)[O-])c1)NC(=S)Nc1ccc(Cl)c(C(=O)O)c1. The number of amides is 1. The molecule has 8 nitrogen and oxygen atoms in total. The maximum atomic E-state index is 11.9. The lowest BCUT2D eigenvalue weighted by molar-refractivity contribution is -0.384. The zero-order chi connectivity index (χ0) is 20.0. The zero-order valence-electron chi connectivity index (χ0n) is 13.5. The molecule has 0 atom stereocenters. The maximum absolute atomic E-state index is 11.9. The van der Waals surface area contributed by atoms with Crippen molar-refractivity contribution in [2.75, 3.05) is 5.32 Å². The Morgan fingerprint density at radius 1 is 1.22 bits per heavy atom. The smallest absolute Gasteiger partial charge is 0.337 e. The van der Waals surface area contributed by atoms with E-state index in [1.807, 2.05) is 0 Å². The lowest BCUT2D eigenvalue weighted by Gasteiger charge is -2.09. The quantitative estimate of drug-likeness (QED) is 0.301. The molecule has 0 aliphatic carbocycles. The van der Waals surface area contributed by atoms with Crippen molar-refractivity contribution in [3.63, 3.8) is 0 Å². The normalized spacial score (nSPS) is 10.4. The van der Waals surface area contributed by atoms with Crippen LogP contribution in [0.5, 0.6) is 0 Å². The van der Waals surface area contributed by atoms with Crippen LogP contribution in [0.25, 0.3) is 6.08 Å². The number of carboxylic acid groups (broad SMARTS) is 1. The van der Waals surface area contributed by atoms with E-state index >= 15 is 0 Å². The summed E-state index contributed by atoms with van der Waals surface area (Å²) in [4.78, 5) is 33.1. The lowest BCUT2D eigenvalue weighted by Crippen LogP contribution is -2.32. The minimum atomic E-state index is -1.20. The molecular weight excluding hydrogens is 394 g/mol. The summed E-state index contributed by atoms with van der Waals surface area (Å²) in [7, 11) is 0. The first kappa shape index (κ1) is 20.0. The van der Waals surface area contributed by atoms with Gasteiger partial charge in [0.1, 0.15) is 0 Å². The molecule has 27 heavy (non-hydrogen) atoms. The van der Waals surface area contributed by atoms with Gasteiger partial charge in [0.25, 0.3) is 5.69 Å². The number of halogens is 1.